The number of fused-ring (bicyclic) bond motifs is 3. The van der Waals surface area contributed by atoms with Crippen molar-refractivity contribution in [2.24, 2.45) is 0 Å². The van der Waals surface area contributed by atoms with Gasteiger partial charge in [0.15, 0.2) is 0 Å². The van der Waals surface area contributed by atoms with Crippen LogP contribution in [0, 0.1) is 0 Å². The number of hydrogen-bond acceptors (Lipinski definition) is 2. The van der Waals surface area contributed by atoms with Gasteiger partial charge in [0, 0.05) is 32.4 Å². The van der Waals surface area contributed by atoms with Crippen LogP contribution in [-0.2, 0) is 6.54 Å². The van der Waals surface area contributed by atoms with Crippen LogP contribution < -0.4 is 5.32 Å². The number of hydrogen-bond donors (Lipinski definition) is 1. The van der Waals surface area contributed by atoms with Crippen molar-refractivity contribution in [2.75, 3.05) is 5.32 Å². The van der Waals surface area contributed by atoms with Gasteiger partial charge in [-0.25, -0.2) is 0 Å². The molecule has 1 heterocycles. The Balaban J connectivity index is 1.47. The van der Waals surface area contributed by atoms with Gasteiger partial charge in [-0.3, -0.25) is 0 Å². The van der Waals surface area contributed by atoms with Crippen LogP contribution in [0.3, 0.4) is 0 Å². The van der Waals surface area contributed by atoms with Crippen molar-refractivity contribution >= 4 is 43.3 Å². The van der Waals surface area contributed by atoms with Crippen molar-refractivity contribution in [1.29, 1.82) is 0 Å². The summed E-state index contributed by atoms with van der Waals surface area (Å²) in [6.45, 7) is 2.86. The third kappa shape index (κ3) is 4.37. The maximum absolute atomic E-state index is 3.55. The van der Waals surface area contributed by atoms with Gasteiger partial charge in [0.25, 0.3) is 0 Å². The molecule has 0 aliphatic carbocycles. The monoisotopic (exact) mass is 431 g/mol. The van der Waals surface area contributed by atoms with Gasteiger partial charge < -0.3 is 5.32 Å². The highest BCUT2D eigenvalue weighted by molar-refractivity contribution is 7.25. The first-order chi connectivity index (χ1) is 15.8. The van der Waals surface area contributed by atoms with Gasteiger partial charge in [0.2, 0.25) is 0 Å². The lowest BCUT2D eigenvalue weighted by atomic mass is 10.0. The Morgan fingerprint density at radius 1 is 0.719 bits per heavy atom. The first-order valence-corrected chi connectivity index (χ1v) is 11.8. The van der Waals surface area contributed by atoms with Crippen LogP contribution in [0.2, 0.25) is 0 Å². The molecule has 2 heteroatoms. The number of allylic oxidation sites excluding steroid dienone is 3. The molecule has 1 nitrogen and oxygen atoms in total. The van der Waals surface area contributed by atoms with E-state index in [1.807, 2.05) is 24.3 Å². The average Bonchev–Trinajstić information content (AvgIpc) is 3.21. The summed E-state index contributed by atoms with van der Waals surface area (Å²) in [5.74, 6) is 0. The molecule has 1 aromatic heterocycles. The van der Waals surface area contributed by atoms with Crippen LogP contribution >= 0.6 is 11.3 Å². The van der Waals surface area contributed by atoms with Gasteiger partial charge in [-0.1, -0.05) is 78.9 Å². The van der Waals surface area contributed by atoms with Crippen LogP contribution in [0.1, 0.15) is 18.1 Å². The van der Waals surface area contributed by atoms with E-state index in [-0.39, 0.29) is 0 Å². The van der Waals surface area contributed by atoms with Crippen molar-refractivity contribution in [3.63, 3.8) is 0 Å². The third-order valence-corrected chi connectivity index (χ3v) is 6.77. The fourth-order valence-electron chi connectivity index (χ4n) is 3.96. The quantitative estimate of drug-likeness (QED) is 0.265. The van der Waals surface area contributed by atoms with Crippen LogP contribution in [0.15, 0.2) is 109 Å². The molecule has 4 aromatic carbocycles. The van der Waals surface area contributed by atoms with Gasteiger partial charge in [-0.05, 0) is 65.6 Å². The molecule has 0 saturated carbocycles. The Hall–Kier alpha value is -3.62. The van der Waals surface area contributed by atoms with E-state index in [1.165, 1.54) is 42.4 Å². The van der Waals surface area contributed by atoms with Crippen molar-refractivity contribution < 1.29 is 0 Å². The van der Waals surface area contributed by atoms with E-state index in [0.717, 1.165) is 12.2 Å². The molecule has 5 aromatic rings. The second-order valence-corrected chi connectivity index (χ2v) is 8.96. The normalized spacial score (nSPS) is 11.8. The molecular weight excluding hydrogens is 406 g/mol. The first-order valence-electron chi connectivity index (χ1n) is 10.9. The fraction of sp³-hybridized carbons (Fsp3) is 0.0667. The van der Waals surface area contributed by atoms with E-state index in [1.54, 1.807) is 0 Å². The maximum atomic E-state index is 3.55. The molecule has 0 aliphatic heterocycles. The second-order valence-electron chi connectivity index (χ2n) is 7.87. The maximum Gasteiger partial charge on any atom is 0.0400 e. The van der Waals surface area contributed by atoms with E-state index in [9.17, 15) is 0 Å². The van der Waals surface area contributed by atoms with Gasteiger partial charge in [0.05, 0.1) is 0 Å². The molecule has 0 amide bonds. The molecule has 0 bridgehead atoms. The smallest absolute Gasteiger partial charge is 0.0400 e. The Kier molecular flexibility index (Phi) is 5.87. The van der Waals surface area contributed by atoms with Crippen molar-refractivity contribution in [3.8, 4) is 11.1 Å². The zero-order valence-electron chi connectivity index (χ0n) is 18.1. The van der Waals surface area contributed by atoms with E-state index >= 15 is 0 Å². The summed E-state index contributed by atoms with van der Waals surface area (Å²) >= 11 is 1.86. The predicted octanol–water partition coefficient (Wildman–Crippen LogP) is 8.92. The number of thiophene rings is 1. The number of rotatable bonds is 6. The molecule has 1 N–H and O–H groups in total. The highest BCUT2D eigenvalue weighted by atomic mass is 32.1. The summed E-state index contributed by atoms with van der Waals surface area (Å²) in [6.07, 6.45) is 8.36. The minimum absolute atomic E-state index is 0.821. The van der Waals surface area contributed by atoms with E-state index in [0.29, 0.717) is 0 Å². The van der Waals surface area contributed by atoms with Gasteiger partial charge in [-0.15, -0.1) is 11.3 Å². The fourth-order valence-corrected chi connectivity index (χ4v) is 5.03. The summed E-state index contributed by atoms with van der Waals surface area (Å²) in [6, 6.07) is 32.8. The van der Waals surface area contributed by atoms with Crippen molar-refractivity contribution in [1.82, 2.24) is 0 Å². The van der Waals surface area contributed by atoms with Crippen molar-refractivity contribution in [2.45, 2.75) is 13.5 Å². The Labute approximate surface area is 193 Å². The standard InChI is InChI=1S/C30H25NS/c1-2-3-5-9-22-14-16-29-27(18-22)28-20-25(15-17-30(28)32-29)24-12-8-13-26(19-24)31-21-23-10-6-4-7-11-23/h2-20,31H,21H2,1H3/b3-2-,9-5-. The Bertz CT molecular complexity index is 1420. The van der Waals surface area contributed by atoms with Crippen LogP contribution in [0.25, 0.3) is 37.4 Å². The lowest BCUT2D eigenvalue weighted by Gasteiger charge is -2.09. The lowest BCUT2D eigenvalue weighted by molar-refractivity contribution is 1.15. The number of benzene rings is 4. The molecule has 5 rings (SSSR count). The van der Waals surface area contributed by atoms with Crippen molar-refractivity contribution in [3.05, 3.63) is 120 Å². The summed E-state index contributed by atoms with van der Waals surface area (Å²) in [5.41, 5.74) is 6.12. The van der Waals surface area contributed by atoms with Crippen LogP contribution in [-0.4, -0.2) is 0 Å². The van der Waals surface area contributed by atoms with Gasteiger partial charge in [0.1, 0.15) is 0 Å². The van der Waals surface area contributed by atoms with E-state index < -0.39 is 0 Å². The molecule has 0 unspecified atom stereocenters. The molecular formula is C30H25NS. The molecule has 0 spiro atoms. The number of anilines is 1. The molecule has 0 saturated heterocycles. The molecule has 0 aliphatic rings. The minimum atomic E-state index is 0.821. The molecule has 0 atom stereocenters. The third-order valence-electron chi connectivity index (χ3n) is 5.62. The molecule has 32 heavy (non-hydrogen) atoms. The van der Waals surface area contributed by atoms with E-state index in [2.05, 4.69) is 115 Å². The summed E-state index contributed by atoms with van der Waals surface area (Å²) in [7, 11) is 0. The number of nitrogens with one attached hydrogen (secondary N) is 1. The summed E-state index contributed by atoms with van der Waals surface area (Å²) in [4.78, 5) is 0. The second kappa shape index (κ2) is 9.25. The molecule has 0 radical (unpaired) electrons. The average molecular weight is 432 g/mol. The summed E-state index contributed by atoms with van der Waals surface area (Å²) in [5, 5.41) is 6.21. The van der Waals surface area contributed by atoms with Gasteiger partial charge in [-0.2, -0.15) is 0 Å². The first kappa shape index (κ1) is 20.3. The molecule has 0 fully saturated rings. The van der Waals surface area contributed by atoms with Crippen LogP contribution in [0.5, 0.6) is 0 Å². The Morgan fingerprint density at radius 2 is 1.50 bits per heavy atom. The largest absolute Gasteiger partial charge is 0.381 e. The van der Waals surface area contributed by atoms with Crippen LogP contribution in [0.4, 0.5) is 5.69 Å². The summed E-state index contributed by atoms with van der Waals surface area (Å²) < 4.78 is 2.66. The zero-order valence-corrected chi connectivity index (χ0v) is 18.9. The highest BCUT2D eigenvalue weighted by Gasteiger charge is 2.08. The Morgan fingerprint density at radius 3 is 2.34 bits per heavy atom. The predicted molar refractivity (Wildman–Crippen MR) is 142 cm³/mol. The van der Waals surface area contributed by atoms with E-state index in [4.69, 9.17) is 0 Å². The lowest BCUT2D eigenvalue weighted by Crippen LogP contribution is -1.98. The topological polar surface area (TPSA) is 12.0 Å². The molecule has 156 valence electrons. The SMILES string of the molecule is C/C=C\C=C/c1ccc2sc3ccc(-c4cccc(NCc5ccccc5)c4)cc3c2c1. The van der Waals surface area contributed by atoms with Gasteiger partial charge >= 0.3 is 0 Å². The zero-order chi connectivity index (χ0) is 21.8. The highest BCUT2D eigenvalue weighted by Crippen LogP contribution is 2.37. The minimum Gasteiger partial charge on any atom is -0.381 e.